The normalized spacial score (nSPS) is 16.7. The Hall–Kier alpha value is -0.860. The predicted octanol–water partition coefficient (Wildman–Crippen LogP) is 2.30. The van der Waals surface area contributed by atoms with E-state index in [1.54, 1.807) is 0 Å². The maximum Gasteiger partial charge on any atom is 0.220 e. The summed E-state index contributed by atoms with van der Waals surface area (Å²) in [6, 6.07) is 0. The van der Waals surface area contributed by atoms with Crippen LogP contribution in [0, 0.1) is 11.8 Å². The Balaban J connectivity index is 2.08. The molecular weight excluding hydrogens is 202 g/mol. The summed E-state index contributed by atoms with van der Waals surface area (Å²) in [6.45, 7) is 3.90. The van der Waals surface area contributed by atoms with E-state index in [0.29, 0.717) is 6.42 Å². The topological polar surface area (TPSA) is 46.2 Å². The van der Waals surface area contributed by atoms with E-state index in [1.807, 2.05) is 13.8 Å². The maximum absolute atomic E-state index is 11.5. The SMILES string of the molecule is CC(C)C(=O)CNC(=O)CCC1CCCC1. The fourth-order valence-electron chi connectivity index (χ4n) is 2.11. The third-order valence-corrected chi connectivity index (χ3v) is 3.36. The average molecular weight is 225 g/mol. The molecule has 0 atom stereocenters. The molecule has 1 fully saturated rings. The predicted molar refractivity (Wildman–Crippen MR) is 64.0 cm³/mol. The van der Waals surface area contributed by atoms with Crippen LogP contribution in [0.25, 0.3) is 0 Å². The van der Waals surface area contributed by atoms with E-state index < -0.39 is 0 Å². The molecule has 1 aliphatic carbocycles. The quantitative estimate of drug-likeness (QED) is 0.754. The highest BCUT2D eigenvalue weighted by atomic mass is 16.2. The number of hydrogen-bond donors (Lipinski definition) is 1. The zero-order valence-corrected chi connectivity index (χ0v) is 10.4. The van der Waals surface area contributed by atoms with Gasteiger partial charge in [-0.25, -0.2) is 0 Å². The molecule has 0 bridgehead atoms. The molecule has 1 rings (SSSR count). The Labute approximate surface area is 98.0 Å². The highest BCUT2D eigenvalue weighted by molar-refractivity contribution is 5.87. The van der Waals surface area contributed by atoms with Crippen molar-refractivity contribution in [3.05, 3.63) is 0 Å². The van der Waals surface area contributed by atoms with Gasteiger partial charge in [0.1, 0.15) is 0 Å². The number of hydrogen-bond acceptors (Lipinski definition) is 2. The van der Waals surface area contributed by atoms with Crippen LogP contribution in [0.3, 0.4) is 0 Å². The number of rotatable bonds is 6. The Bertz CT molecular complexity index is 242. The Kier molecular flexibility index (Phi) is 5.50. The van der Waals surface area contributed by atoms with Crippen LogP contribution >= 0.6 is 0 Å². The van der Waals surface area contributed by atoms with Crippen LogP contribution in [0.5, 0.6) is 0 Å². The number of nitrogens with one attached hydrogen (secondary N) is 1. The van der Waals surface area contributed by atoms with Crippen molar-refractivity contribution in [3.8, 4) is 0 Å². The van der Waals surface area contributed by atoms with Crippen molar-refractivity contribution in [3.63, 3.8) is 0 Å². The summed E-state index contributed by atoms with van der Waals surface area (Å²) < 4.78 is 0. The molecule has 0 radical (unpaired) electrons. The lowest BCUT2D eigenvalue weighted by Crippen LogP contribution is -2.31. The lowest BCUT2D eigenvalue weighted by Gasteiger charge is -2.09. The van der Waals surface area contributed by atoms with E-state index in [0.717, 1.165) is 12.3 Å². The first-order valence-electron chi connectivity index (χ1n) is 6.39. The lowest BCUT2D eigenvalue weighted by atomic mass is 10.0. The molecule has 0 spiro atoms. The van der Waals surface area contributed by atoms with Crippen LogP contribution in [-0.4, -0.2) is 18.2 Å². The summed E-state index contributed by atoms with van der Waals surface area (Å²) in [7, 11) is 0. The monoisotopic (exact) mass is 225 g/mol. The molecular formula is C13H23NO2. The van der Waals surface area contributed by atoms with Crippen molar-refractivity contribution in [1.29, 1.82) is 0 Å². The van der Waals surface area contributed by atoms with E-state index in [2.05, 4.69) is 5.32 Å². The van der Waals surface area contributed by atoms with E-state index in [9.17, 15) is 9.59 Å². The van der Waals surface area contributed by atoms with Gasteiger partial charge in [-0.1, -0.05) is 39.5 Å². The highest BCUT2D eigenvalue weighted by Crippen LogP contribution is 2.28. The van der Waals surface area contributed by atoms with Gasteiger partial charge in [0.2, 0.25) is 5.91 Å². The van der Waals surface area contributed by atoms with E-state index in [-0.39, 0.29) is 24.2 Å². The second-order valence-electron chi connectivity index (χ2n) is 5.09. The Morgan fingerprint density at radius 3 is 2.44 bits per heavy atom. The third kappa shape index (κ3) is 4.77. The molecule has 0 aromatic carbocycles. The maximum atomic E-state index is 11.5. The molecule has 0 aromatic rings. The van der Waals surface area contributed by atoms with Crippen molar-refractivity contribution in [2.45, 2.75) is 52.4 Å². The fourth-order valence-corrected chi connectivity index (χ4v) is 2.11. The molecule has 1 amide bonds. The smallest absolute Gasteiger partial charge is 0.220 e. The van der Waals surface area contributed by atoms with Crippen molar-refractivity contribution >= 4 is 11.7 Å². The highest BCUT2D eigenvalue weighted by Gasteiger charge is 2.16. The number of carbonyl (C=O) groups excluding carboxylic acids is 2. The standard InChI is InChI=1S/C13H23NO2/c1-10(2)12(15)9-14-13(16)8-7-11-5-3-4-6-11/h10-11H,3-9H2,1-2H3,(H,14,16). The zero-order chi connectivity index (χ0) is 12.0. The molecule has 3 heteroatoms. The summed E-state index contributed by atoms with van der Waals surface area (Å²) in [5, 5.41) is 2.70. The minimum absolute atomic E-state index is 0.00938. The summed E-state index contributed by atoms with van der Waals surface area (Å²) in [5.41, 5.74) is 0. The first-order valence-corrected chi connectivity index (χ1v) is 6.39. The van der Waals surface area contributed by atoms with Gasteiger partial charge >= 0.3 is 0 Å². The molecule has 0 aliphatic heterocycles. The number of amides is 1. The van der Waals surface area contributed by atoms with Gasteiger partial charge in [-0.3, -0.25) is 9.59 Å². The van der Waals surface area contributed by atoms with Gasteiger partial charge in [0, 0.05) is 12.3 Å². The molecule has 16 heavy (non-hydrogen) atoms. The average Bonchev–Trinajstić information content (AvgIpc) is 2.75. The molecule has 1 saturated carbocycles. The number of carbonyl (C=O) groups is 2. The Morgan fingerprint density at radius 2 is 1.88 bits per heavy atom. The van der Waals surface area contributed by atoms with Crippen molar-refractivity contribution in [2.75, 3.05) is 6.54 Å². The van der Waals surface area contributed by atoms with Crippen LogP contribution in [-0.2, 0) is 9.59 Å². The molecule has 3 nitrogen and oxygen atoms in total. The summed E-state index contributed by atoms with van der Waals surface area (Å²) >= 11 is 0. The minimum Gasteiger partial charge on any atom is -0.349 e. The van der Waals surface area contributed by atoms with E-state index in [1.165, 1.54) is 25.7 Å². The number of Topliss-reactive ketones (excluding diaryl/α,β-unsaturated/α-hetero) is 1. The van der Waals surface area contributed by atoms with Crippen molar-refractivity contribution < 1.29 is 9.59 Å². The van der Waals surface area contributed by atoms with Crippen LogP contribution in [0.15, 0.2) is 0 Å². The van der Waals surface area contributed by atoms with Gasteiger partial charge in [0.05, 0.1) is 6.54 Å². The number of ketones is 1. The largest absolute Gasteiger partial charge is 0.349 e. The molecule has 92 valence electrons. The van der Waals surface area contributed by atoms with Gasteiger partial charge in [-0.05, 0) is 12.3 Å². The van der Waals surface area contributed by atoms with Crippen LogP contribution in [0.1, 0.15) is 52.4 Å². The summed E-state index contributed by atoms with van der Waals surface area (Å²) in [6.07, 6.45) is 6.75. The van der Waals surface area contributed by atoms with Gasteiger partial charge in [0.15, 0.2) is 5.78 Å². The van der Waals surface area contributed by atoms with Crippen molar-refractivity contribution in [1.82, 2.24) is 5.32 Å². The summed E-state index contributed by atoms with van der Waals surface area (Å²) in [5.74, 6) is 0.886. The van der Waals surface area contributed by atoms with E-state index in [4.69, 9.17) is 0 Å². The molecule has 0 heterocycles. The van der Waals surface area contributed by atoms with Crippen LogP contribution in [0.4, 0.5) is 0 Å². The zero-order valence-electron chi connectivity index (χ0n) is 10.4. The first-order chi connectivity index (χ1) is 7.59. The third-order valence-electron chi connectivity index (χ3n) is 3.36. The second kappa shape index (κ2) is 6.66. The van der Waals surface area contributed by atoms with Crippen LogP contribution in [0.2, 0.25) is 0 Å². The van der Waals surface area contributed by atoms with Crippen molar-refractivity contribution in [2.24, 2.45) is 11.8 Å². The Morgan fingerprint density at radius 1 is 1.25 bits per heavy atom. The minimum atomic E-state index is 0.00938. The first kappa shape index (κ1) is 13.2. The molecule has 0 aromatic heterocycles. The van der Waals surface area contributed by atoms with E-state index >= 15 is 0 Å². The van der Waals surface area contributed by atoms with Gasteiger partial charge < -0.3 is 5.32 Å². The fraction of sp³-hybridized carbons (Fsp3) is 0.846. The van der Waals surface area contributed by atoms with Crippen LogP contribution < -0.4 is 5.32 Å². The van der Waals surface area contributed by atoms with Gasteiger partial charge in [0.25, 0.3) is 0 Å². The van der Waals surface area contributed by atoms with Gasteiger partial charge in [-0.15, -0.1) is 0 Å². The second-order valence-corrected chi connectivity index (χ2v) is 5.09. The van der Waals surface area contributed by atoms with Gasteiger partial charge in [-0.2, -0.15) is 0 Å². The molecule has 0 unspecified atom stereocenters. The molecule has 0 saturated heterocycles. The summed E-state index contributed by atoms with van der Waals surface area (Å²) in [4.78, 5) is 22.8. The molecule has 1 aliphatic rings. The lowest BCUT2D eigenvalue weighted by molar-refractivity contribution is -0.126. The molecule has 1 N–H and O–H groups in total.